The van der Waals surface area contributed by atoms with Crippen molar-refractivity contribution in [2.24, 2.45) is 0 Å². The number of carbonyl (C=O) groups is 1. The lowest BCUT2D eigenvalue weighted by Gasteiger charge is -2.06. The molecule has 0 spiro atoms. The highest BCUT2D eigenvalue weighted by Gasteiger charge is 2.07. The lowest BCUT2D eigenvalue weighted by molar-refractivity contribution is -0.138. The average Bonchev–Trinajstić information content (AvgIpc) is 2.02. The van der Waals surface area contributed by atoms with Crippen molar-refractivity contribution in [1.82, 2.24) is 0 Å². The lowest BCUT2D eigenvalue weighted by atomic mass is 10.0. The molecule has 0 aliphatic rings. The lowest BCUT2D eigenvalue weighted by Crippen LogP contribution is -2.07. The van der Waals surface area contributed by atoms with E-state index < -0.39 is 0 Å². The predicted octanol–water partition coefficient (Wildman–Crippen LogP) is 2.85. The molecule has 0 heterocycles. The molecule has 0 saturated carbocycles. The molecule has 74 valence electrons. The summed E-state index contributed by atoms with van der Waals surface area (Å²) in [5.74, 6) is -0.221. The minimum atomic E-state index is -0.221. The van der Waals surface area contributed by atoms with Gasteiger partial charge in [-0.2, -0.15) is 0 Å². The molecule has 0 saturated heterocycles. The Hall–Kier alpha value is -1.05. The number of hydrogen-bond donors (Lipinski definition) is 0. The molecule has 0 rings (SSSR count). The largest absolute Gasteiger partial charge is 0.463 e. The van der Waals surface area contributed by atoms with Gasteiger partial charge in [-0.1, -0.05) is 17.7 Å². The van der Waals surface area contributed by atoms with E-state index in [1.54, 1.807) is 13.8 Å². The third kappa shape index (κ3) is 4.51. The highest BCUT2D eigenvalue weighted by atomic mass is 16.5. The zero-order valence-corrected chi connectivity index (χ0v) is 8.94. The highest BCUT2D eigenvalue weighted by molar-refractivity contribution is 5.88. The molecule has 0 aromatic carbocycles. The molecule has 13 heavy (non-hydrogen) atoms. The molecule has 0 amide bonds. The van der Waals surface area contributed by atoms with Gasteiger partial charge >= 0.3 is 5.97 Å². The summed E-state index contributed by atoms with van der Waals surface area (Å²) in [6, 6.07) is 0. The van der Waals surface area contributed by atoms with Crippen molar-refractivity contribution in [2.75, 3.05) is 6.61 Å². The van der Waals surface area contributed by atoms with Gasteiger partial charge in [0.15, 0.2) is 0 Å². The minimum absolute atomic E-state index is 0.221. The molecule has 0 aliphatic heterocycles. The van der Waals surface area contributed by atoms with Gasteiger partial charge in [0, 0.05) is 5.57 Å². The van der Waals surface area contributed by atoms with Crippen LogP contribution in [-0.2, 0) is 9.53 Å². The fraction of sp³-hybridized carbons (Fsp3) is 0.545. The molecule has 0 aromatic heterocycles. The van der Waals surface area contributed by atoms with E-state index in [0.717, 1.165) is 17.6 Å². The van der Waals surface area contributed by atoms with Crippen molar-refractivity contribution in [3.63, 3.8) is 0 Å². The fourth-order valence-corrected chi connectivity index (χ4v) is 0.999. The van der Waals surface area contributed by atoms with Crippen LogP contribution in [-0.4, -0.2) is 12.6 Å². The van der Waals surface area contributed by atoms with Crippen LogP contribution in [0.2, 0.25) is 0 Å². The van der Waals surface area contributed by atoms with Crippen LogP contribution >= 0.6 is 0 Å². The molecule has 2 heteroatoms. The molecule has 0 aromatic rings. The Morgan fingerprint density at radius 2 is 1.85 bits per heavy atom. The van der Waals surface area contributed by atoms with Crippen molar-refractivity contribution in [3.05, 3.63) is 23.3 Å². The highest BCUT2D eigenvalue weighted by Crippen LogP contribution is 2.13. The van der Waals surface area contributed by atoms with Gasteiger partial charge in [0.1, 0.15) is 0 Å². The van der Waals surface area contributed by atoms with Crippen molar-refractivity contribution in [3.8, 4) is 0 Å². The molecule has 0 unspecified atom stereocenters. The topological polar surface area (TPSA) is 26.3 Å². The summed E-state index contributed by atoms with van der Waals surface area (Å²) in [6.07, 6.45) is 0.768. The van der Waals surface area contributed by atoms with Gasteiger partial charge in [0.25, 0.3) is 0 Å². The Kier molecular flexibility index (Phi) is 5.12. The second kappa shape index (κ2) is 5.57. The zero-order valence-electron chi connectivity index (χ0n) is 8.94. The van der Waals surface area contributed by atoms with Crippen LogP contribution in [0.1, 0.15) is 34.1 Å². The van der Waals surface area contributed by atoms with E-state index in [4.69, 9.17) is 4.74 Å². The fourth-order valence-electron chi connectivity index (χ4n) is 0.999. The minimum Gasteiger partial charge on any atom is -0.463 e. The van der Waals surface area contributed by atoms with Gasteiger partial charge in [-0.25, -0.2) is 4.79 Å². The van der Waals surface area contributed by atoms with Crippen LogP contribution in [0.25, 0.3) is 0 Å². The van der Waals surface area contributed by atoms with Gasteiger partial charge in [-0.3, -0.25) is 0 Å². The average molecular weight is 182 g/mol. The molecule has 0 aliphatic carbocycles. The van der Waals surface area contributed by atoms with Crippen LogP contribution in [0.3, 0.4) is 0 Å². The second-order valence-electron chi connectivity index (χ2n) is 3.26. The number of ether oxygens (including phenoxy) is 1. The first kappa shape index (κ1) is 11.9. The molecule has 0 radical (unpaired) electrons. The maximum atomic E-state index is 11.3. The Morgan fingerprint density at radius 3 is 2.23 bits per heavy atom. The normalized spacial score (nSPS) is 12.0. The van der Waals surface area contributed by atoms with Gasteiger partial charge in [0.2, 0.25) is 0 Å². The standard InChI is InChI=1S/C11H18O2/c1-6-13-11(12)10(5)9(4)7-8(2)3/h2,6-7H2,1,3-5H3/b10-9+. The number of carbonyl (C=O) groups excluding carboxylic acids is 1. The molecule has 2 nitrogen and oxygen atoms in total. The number of esters is 1. The molecular weight excluding hydrogens is 164 g/mol. The first-order chi connectivity index (χ1) is 5.99. The zero-order chi connectivity index (χ0) is 10.4. The van der Waals surface area contributed by atoms with Gasteiger partial charge < -0.3 is 4.74 Å². The maximum absolute atomic E-state index is 11.3. The van der Waals surface area contributed by atoms with Crippen molar-refractivity contribution in [1.29, 1.82) is 0 Å². The number of rotatable bonds is 4. The summed E-state index contributed by atoms with van der Waals surface area (Å²) in [5, 5.41) is 0. The first-order valence-electron chi connectivity index (χ1n) is 4.46. The molecule has 0 atom stereocenters. The summed E-state index contributed by atoms with van der Waals surface area (Å²) in [6.45, 7) is 11.7. The summed E-state index contributed by atoms with van der Waals surface area (Å²) in [5.41, 5.74) is 2.79. The quantitative estimate of drug-likeness (QED) is 0.379. The first-order valence-corrected chi connectivity index (χ1v) is 4.46. The molecular formula is C11H18O2. The van der Waals surface area contributed by atoms with Crippen LogP contribution in [0.5, 0.6) is 0 Å². The van der Waals surface area contributed by atoms with Crippen LogP contribution in [0.15, 0.2) is 23.3 Å². The van der Waals surface area contributed by atoms with Crippen molar-refractivity contribution < 1.29 is 9.53 Å². The number of hydrogen-bond acceptors (Lipinski definition) is 2. The number of allylic oxidation sites excluding steroid dienone is 2. The summed E-state index contributed by atoms with van der Waals surface area (Å²) >= 11 is 0. The van der Waals surface area contributed by atoms with Crippen molar-refractivity contribution in [2.45, 2.75) is 34.1 Å². The predicted molar refractivity (Wildman–Crippen MR) is 54.4 cm³/mol. The van der Waals surface area contributed by atoms with Crippen LogP contribution in [0.4, 0.5) is 0 Å². The van der Waals surface area contributed by atoms with E-state index in [0.29, 0.717) is 12.2 Å². The monoisotopic (exact) mass is 182 g/mol. The summed E-state index contributed by atoms with van der Waals surface area (Å²) < 4.78 is 4.88. The van der Waals surface area contributed by atoms with E-state index in [1.807, 2.05) is 13.8 Å². The van der Waals surface area contributed by atoms with Crippen LogP contribution in [0, 0.1) is 0 Å². The Balaban J connectivity index is 4.41. The van der Waals surface area contributed by atoms with Crippen molar-refractivity contribution >= 4 is 5.97 Å². The van der Waals surface area contributed by atoms with E-state index in [-0.39, 0.29) is 5.97 Å². The van der Waals surface area contributed by atoms with Gasteiger partial charge in [-0.15, -0.1) is 0 Å². The van der Waals surface area contributed by atoms with E-state index in [1.165, 1.54) is 0 Å². The van der Waals surface area contributed by atoms with Crippen LogP contribution < -0.4 is 0 Å². The Labute approximate surface area is 80.3 Å². The Morgan fingerprint density at radius 1 is 1.31 bits per heavy atom. The molecule has 0 fully saturated rings. The van der Waals surface area contributed by atoms with Gasteiger partial charge in [-0.05, 0) is 34.1 Å². The summed E-state index contributed by atoms with van der Waals surface area (Å²) in [4.78, 5) is 11.3. The summed E-state index contributed by atoms with van der Waals surface area (Å²) in [7, 11) is 0. The molecule has 0 bridgehead atoms. The third-order valence-electron chi connectivity index (χ3n) is 1.79. The van der Waals surface area contributed by atoms with E-state index in [9.17, 15) is 4.79 Å². The Bertz CT molecular complexity index is 236. The maximum Gasteiger partial charge on any atom is 0.333 e. The second-order valence-corrected chi connectivity index (χ2v) is 3.26. The van der Waals surface area contributed by atoms with E-state index in [2.05, 4.69) is 6.58 Å². The molecule has 0 N–H and O–H groups in total. The smallest absolute Gasteiger partial charge is 0.333 e. The third-order valence-corrected chi connectivity index (χ3v) is 1.79. The van der Waals surface area contributed by atoms with E-state index >= 15 is 0 Å². The SMILES string of the molecule is C=C(C)C/C(C)=C(\C)C(=O)OCC. The van der Waals surface area contributed by atoms with Gasteiger partial charge in [0.05, 0.1) is 6.61 Å².